The maximum atomic E-state index is 12.2. The third kappa shape index (κ3) is 88.9. The van der Waals surface area contributed by atoms with Crippen LogP contribution in [0.5, 0.6) is 0 Å². The third-order valence-electron chi connectivity index (χ3n) is 15.5. The Labute approximate surface area is 797 Å². The lowest BCUT2D eigenvalue weighted by Gasteiger charge is -2.35. The van der Waals surface area contributed by atoms with Crippen molar-refractivity contribution in [2.75, 3.05) is 187 Å². The Morgan fingerprint density at radius 2 is 0.754 bits per heavy atom. The molecule has 0 saturated heterocycles. The summed E-state index contributed by atoms with van der Waals surface area (Å²) in [6, 6.07) is 0. The second kappa shape index (κ2) is 93.8. The van der Waals surface area contributed by atoms with Gasteiger partial charge in [-0.25, -0.2) is 33.6 Å². The molecular weight excluding hydrogens is 1800 g/mol. The zero-order valence-electron chi connectivity index (χ0n) is 77.1. The van der Waals surface area contributed by atoms with Gasteiger partial charge in [-0.3, -0.25) is 57.5 Å². The van der Waals surface area contributed by atoms with Crippen LogP contribution in [0.3, 0.4) is 0 Å². The molecule has 0 aromatic heterocycles. The van der Waals surface area contributed by atoms with Gasteiger partial charge in [-0.1, -0.05) is 72.8 Å². The van der Waals surface area contributed by atoms with E-state index in [0.717, 1.165) is 6.42 Å². The Morgan fingerprint density at radius 1 is 0.403 bits per heavy atom. The van der Waals surface area contributed by atoms with Crippen LogP contribution < -0.4 is 53.2 Å². The fraction of sp³-hybridized carbons (Fsp3) is 0.756. The SMILES string of the molecule is C.C.C.C.C.C.C.CCC(=O)NC(CCCOC(=O)NC)(CCCOC(=O)NC)CCCOC(=O)NC.CCC(=O)NCCSCC(COC(C)=O)(COC(C)=O)COC(C)=O.CCCNC(=O)C1=C[C@@H](OC(C)=O)[C@@H](OC(C)=O)[C@H](OC(C)=O)C1.CNC(=O)OCC(COC(=O)NC)OCC(C)=O.COC(=O)NCC(CNC(=O)OC)OCC(C)=O.COCC(COC)OCC(C)=O. The fourth-order valence-electron chi connectivity index (χ4n) is 9.53. The average Bonchev–Trinajstić information content (AvgIpc) is 0.805. The number of ketones is 3. The van der Waals surface area contributed by atoms with E-state index in [2.05, 4.69) is 62.6 Å². The topological polar surface area (TPSA) is 611 Å². The van der Waals surface area contributed by atoms with Crippen molar-refractivity contribution < 1.29 is 176 Å². The van der Waals surface area contributed by atoms with Crippen LogP contribution in [-0.4, -0.2) is 343 Å². The van der Waals surface area contributed by atoms with Crippen LogP contribution in [0.4, 0.5) is 33.6 Å². The van der Waals surface area contributed by atoms with Crippen molar-refractivity contribution in [2.24, 2.45) is 5.41 Å². The van der Waals surface area contributed by atoms with Crippen molar-refractivity contribution in [3.8, 4) is 0 Å². The van der Waals surface area contributed by atoms with Gasteiger partial charge in [-0.05, 0) is 71.8 Å². The number of rotatable bonds is 53. The first-order chi connectivity index (χ1) is 59.9. The summed E-state index contributed by atoms with van der Waals surface area (Å²) in [5.74, 6) is -3.01. The van der Waals surface area contributed by atoms with Crippen LogP contribution in [0.2, 0.25) is 0 Å². The number of carbonyl (C=O) groups is 19. The Kier molecular flexibility index (Phi) is 104. The van der Waals surface area contributed by atoms with Gasteiger partial charge in [0.05, 0.1) is 58.8 Å². The van der Waals surface area contributed by atoms with Crippen LogP contribution in [0.15, 0.2) is 11.6 Å². The van der Waals surface area contributed by atoms with Crippen molar-refractivity contribution in [1.82, 2.24) is 53.2 Å². The molecular formula is C86H166N10O37S. The van der Waals surface area contributed by atoms with E-state index in [1.54, 1.807) is 28.1 Å². The highest BCUT2D eigenvalue weighted by atomic mass is 32.2. The van der Waals surface area contributed by atoms with Crippen molar-refractivity contribution in [2.45, 2.75) is 241 Å². The fourth-order valence-corrected chi connectivity index (χ4v) is 10.6. The standard InChI is InChI=1S/C19H36N4O7.C16H27NO7S.C16H23NO7.2C10H18N2O6.C8H16O4.7CH4/c1-5-15(24)23-19(9-6-12-28-16(25)20-2,10-7-13-29-17(26)21-3)11-8-14-30-18(27)22-4;1-5-15(21)17-6-7-25-11-16(8-22-12(2)18,9-23-13(3)19)10-24-14(4)20;1-5-6-17-16(21)12-7-13(22-9(2)18)15(24-11(4)20)14(8-12)23-10(3)19;1-7(13)6-18-8(4-11-9(14)16-2)5-12-10(15)17-3;1-7(13)4-16-8(5-17-9(14)11-2)6-18-10(15)12-3;1-7(9)4-12-8(5-10-2)6-11-3;;;;;;;/h5-14H2,1-4H3,(H,20,25)(H,21,26)(H,22,27)(H,23,24);5-11H2,1-4H3,(H,17,21);7,13-15H,5-6,8H2,1-4H3,(H,17,21);2*8H,4-6H2,1-3H3,(H,11,14)(H,12,15);8H,4-6H2,1-3H3;7*1H4/t;;13-,14-,15-;;;;;;;;;;/m..1........../s1. The van der Waals surface area contributed by atoms with Crippen LogP contribution >= 0.6 is 11.8 Å². The van der Waals surface area contributed by atoms with E-state index in [1.807, 2.05) is 6.92 Å². The number of alkyl carbamates (subject to hydrolysis) is 7. The van der Waals surface area contributed by atoms with Crippen molar-refractivity contribution in [3.05, 3.63) is 11.6 Å². The largest absolute Gasteiger partial charge is 0.465 e. The molecule has 47 nitrogen and oxygen atoms in total. The number of amides is 10. The van der Waals surface area contributed by atoms with Crippen LogP contribution in [-0.2, 0) is 143 Å². The Morgan fingerprint density at radius 3 is 1.07 bits per heavy atom. The molecule has 0 saturated carbocycles. The highest BCUT2D eigenvalue weighted by Gasteiger charge is 2.42. The summed E-state index contributed by atoms with van der Waals surface area (Å²) in [5.41, 5.74) is -1.14. The number of thioether (sulfide) groups is 1. The summed E-state index contributed by atoms with van der Waals surface area (Å²) in [6.45, 7) is 19.3. The van der Waals surface area contributed by atoms with Crippen LogP contribution in [0, 0.1) is 5.41 Å². The van der Waals surface area contributed by atoms with Gasteiger partial charge in [0.2, 0.25) is 17.7 Å². The first-order valence-corrected chi connectivity index (χ1v) is 41.3. The summed E-state index contributed by atoms with van der Waals surface area (Å²) in [6.07, 6.45) is -2.14. The Hall–Kier alpha value is -11.0. The molecule has 134 heavy (non-hydrogen) atoms. The number of Topliss-reactive ketones (excluding diaryl/α,β-unsaturated/α-hetero) is 3. The number of hydrogen-bond donors (Lipinski definition) is 10. The summed E-state index contributed by atoms with van der Waals surface area (Å²) < 4.78 is 89.4. The maximum absolute atomic E-state index is 12.2. The molecule has 0 bridgehead atoms. The van der Waals surface area contributed by atoms with E-state index in [4.69, 9.17) is 75.8 Å². The van der Waals surface area contributed by atoms with Gasteiger partial charge in [0, 0.05) is 159 Å². The molecule has 0 radical (unpaired) electrons. The lowest BCUT2D eigenvalue weighted by molar-refractivity contribution is -0.180. The van der Waals surface area contributed by atoms with E-state index in [1.165, 1.54) is 130 Å². The molecule has 1 rings (SSSR count). The number of ether oxygens (including phenoxy) is 18. The summed E-state index contributed by atoms with van der Waals surface area (Å²) in [5, 5.41) is 25.0. The maximum Gasteiger partial charge on any atom is 0.406 e. The molecule has 10 N–H and O–H groups in total. The number of esters is 6. The van der Waals surface area contributed by atoms with Crippen molar-refractivity contribution >= 4 is 125 Å². The zero-order valence-corrected chi connectivity index (χ0v) is 77.9. The number of hydrogen-bond acceptors (Lipinski definition) is 38. The van der Waals surface area contributed by atoms with Crippen LogP contribution in [0.25, 0.3) is 0 Å². The summed E-state index contributed by atoms with van der Waals surface area (Å²) >= 11 is 1.48. The van der Waals surface area contributed by atoms with E-state index < -0.39 is 120 Å². The molecule has 48 heteroatoms. The highest BCUT2D eigenvalue weighted by molar-refractivity contribution is 7.99. The molecule has 0 fully saturated rings. The van der Waals surface area contributed by atoms with Gasteiger partial charge >= 0.3 is 78.5 Å². The van der Waals surface area contributed by atoms with E-state index >= 15 is 0 Å². The first kappa shape index (κ1) is 149. The minimum absolute atomic E-state index is 0. The number of carbonyl (C=O) groups excluding carboxylic acids is 19. The monoisotopic (exact) mass is 1960 g/mol. The number of methoxy groups -OCH3 is 4. The molecule has 1 aliphatic rings. The Bertz CT molecular complexity index is 3110. The second-order valence-electron chi connectivity index (χ2n) is 27.0. The zero-order chi connectivity index (χ0) is 97.7. The molecule has 0 unspecified atom stereocenters. The van der Waals surface area contributed by atoms with Crippen molar-refractivity contribution in [3.63, 3.8) is 0 Å². The third-order valence-corrected chi connectivity index (χ3v) is 16.8. The lowest BCUT2D eigenvalue weighted by atomic mass is 9.83. The minimum atomic E-state index is -1.01. The van der Waals surface area contributed by atoms with E-state index in [0.29, 0.717) is 94.7 Å². The molecule has 788 valence electrons. The molecule has 0 spiro atoms. The van der Waals surface area contributed by atoms with E-state index in [-0.39, 0.29) is 185 Å². The molecule has 0 aliphatic heterocycles. The predicted molar refractivity (Wildman–Crippen MR) is 499 cm³/mol. The van der Waals surface area contributed by atoms with Gasteiger partial charge in [0.25, 0.3) is 0 Å². The normalized spacial score (nSPS) is 12.0. The molecule has 10 amide bonds. The van der Waals surface area contributed by atoms with Crippen molar-refractivity contribution in [1.29, 1.82) is 0 Å². The van der Waals surface area contributed by atoms with Gasteiger partial charge in [0.15, 0.2) is 29.6 Å². The van der Waals surface area contributed by atoms with Gasteiger partial charge in [-0.2, -0.15) is 11.8 Å². The molecule has 0 aromatic carbocycles. The molecule has 0 heterocycles. The highest BCUT2D eigenvalue weighted by Crippen LogP contribution is 2.30. The van der Waals surface area contributed by atoms with Crippen LogP contribution in [0.1, 0.15) is 199 Å². The second-order valence-corrected chi connectivity index (χ2v) is 28.1. The van der Waals surface area contributed by atoms with Gasteiger partial charge < -0.3 is 138 Å². The minimum Gasteiger partial charge on any atom is -0.465 e. The summed E-state index contributed by atoms with van der Waals surface area (Å²) in [4.78, 5) is 212. The smallest absolute Gasteiger partial charge is 0.406 e. The van der Waals surface area contributed by atoms with Gasteiger partial charge in [0.1, 0.15) is 71.2 Å². The van der Waals surface area contributed by atoms with E-state index in [9.17, 15) is 91.1 Å². The quantitative estimate of drug-likeness (QED) is 0.0162. The molecule has 1 aliphatic carbocycles. The molecule has 3 atom stereocenters. The van der Waals surface area contributed by atoms with Gasteiger partial charge in [-0.15, -0.1) is 0 Å². The Balaban J connectivity index is -0.000000134. The first-order valence-electron chi connectivity index (χ1n) is 40.2. The molecule has 0 aromatic rings. The summed E-state index contributed by atoms with van der Waals surface area (Å²) in [7, 11) is 12.9. The average molecular weight is 1960 g/mol. The predicted octanol–water partition coefficient (Wildman–Crippen LogP) is 7.27. The lowest BCUT2D eigenvalue weighted by Crippen LogP contribution is -2.49. The number of nitrogens with one attached hydrogen (secondary N) is 10.